The number of rotatable bonds is 8. The highest BCUT2D eigenvalue weighted by molar-refractivity contribution is 7.91. The number of hydrogen-bond donors (Lipinski definition) is 4. The Morgan fingerprint density at radius 1 is 1.18 bits per heavy atom. The number of allylic oxidation sites excluding steroid dienone is 1. The van der Waals surface area contributed by atoms with E-state index < -0.39 is 68.2 Å². The number of fused-ring (bicyclic) bond motifs is 3. The normalized spacial score (nSPS) is 31.2. The SMILES string of the molecule is CC[C@@H]1C[C@H](C)CC/C=C\C2CC2(C(=O)NS(=O)(=O)C2(C)CC2)NC(=O)[C@@H]2C[C@@H](Oc3nccc4cc(OC)ccc34)CN2C(=O)[C@H]1NC(=O)O. The quantitative estimate of drug-likeness (QED) is 0.293. The molecule has 6 rings (SSSR count). The Labute approximate surface area is 297 Å². The molecule has 0 radical (unpaired) electrons. The zero-order valence-electron chi connectivity index (χ0n) is 29.4. The maximum absolute atomic E-state index is 14.5. The third kappa shape index (κ3) is 7.35. The molecule has 14 nitrogen and oxygen atoms in total. The largest absolute Gasteiger partial charge is 0.497 e. The Morgan fingerprint density at radius 2 is 1.94 bits per heavy atom. The monoisotopic (exact) mass is 725 g/mol. The fourth-order valence-corrected chi connectivity index (χ4v) is 8.77. The van der Waals surface area contributed by atoms with Gasteiger partial charge < -0.3 is 30.1 Å². The molecule has 4 aliphatic rings. The summed E-state index contributed by atoms with van der Waals surface area (Å²) in [5.41, 5.74) is -1.54. The first kappa shape index (κ1) is 36.4. The maximum Gasteiger partial charge on any atom is 0.405 e. The number of carboxylic acid groups (broad SMARTS) is 1. The number of hydrogen-bond acceptors (Lipinski definition) is 9. The lowest BCUT2D eigenvalue weighted by molar-refractivity contribution is -0.142. The minimum atomic E-state index is -4.00. The first-order chi connectivity index (χ1) is 24.2. The maximum atomic E-state index is 14.5. The van der Waals surface area contributed by atoms with Crippen LogP contribution < -0.4 is 24.8 Å². The first-order valence-corrected chi connectivity index (χ1v) is 19.1. The standard InChI is InChI=1S/C36H47N5O9S/c1-5-22-16-21(2)8-6-7-9-24-19-36(24,33(44)40-51(47,48)35(3)13-14-35)39-30(42)28-18-26(20-41(28)32(43)29(22)38-34(45)46)50-31-27-11-10-25(49-4)17-23(27)12-15-37-31/h7,9-12,15,17,21-22,24,26,28-29,38H,5-6,8,13-14,16,18-20H2,1-4H3,(H,39,42)(H,40,44)(H,45,46)/b9-7-/t21-,22-,24?,26-,28+,29+,36?/m1/s1. The van der Waals surface area contributed by atoms with E-state index >= 15 is 0 Å². The fourth-order valence-electron chi connectivity index (χ4n) is 7.46. The van der Waals surface area contributed by atoms with Crippen molar-refractivity contribution in [3.05, 3.63) is 42.6 Å². The van der Waals surface area contributed by atoms with E-state index in [2.05, 4.69) is 27.3 Å². The van der Waals surface area contributed by atoms with Crippen molar-refractivity contribution in [3.8, 4) is 11.6 Å². The van der Waals surface area contributed by atoms with Crippen molar-refractivity contribution in [2.24, 2.45) is 17.8 Å². The summed E-state index contributed by atoms with van der Waals surface area (Å²) in [6.07, 6.45) is 6.87. The van der Waals surface area contributed by atoms with Crippen molar-refractivity contribution < 1.29 is 42.2 Å². The number of sulfonamides is 1. The first-order valence-electron chi connectivity index (χ1n) is 17.6. The number of carbonyl (C=O) groups is 4. The fraction of sp³-hybridized carbons (Fsp3) is 0.583. The molecule has 1 saturated heterocycles. The van der Waals surface area contributed by atoms with Crippen LogP contribution in [-0.4, -0.2) is 89.4 Å². The summed E-state index contributed by atoms with van der Waals surface area (Å²) in [4.78, 5) is 60.4. The van der Waals surface area contributed by atoms with Crippen molar-refractivity contribution >= 4 is 44.6 Å². The number of pyridine rings is 1. The molecule has 15 heteroatoms. The topological polar surface area (TPSA) is 193 Å². The molecule has 4 N–H and O–H groups in total. The van der Waals surface area contributed by atoms with Crippen LogP contribution in [0.15, 0.2) is 42.6 Å². The minimum Gasteiger partial charge on any atom is -0.497 e. The highest BCUT2D eigenvalue weighted by Crippen LogP contribution is 2.47. The lowest BCUT2D eigenvalue weighted by Gasteiger charge is -2.33. The molecule has 2 aliphatic carbocycles. The van der Waals surface area contributed by atoms with Crippen molar-refractivity contribution in [2.75, 3.05) is 13.7 Å². The molecule has 51 heavy (non-hydrogen) atoms. The lowest BCUT2D eigenvalue weighted by Crippen LogP contribution is -2.59. The average molecular weight is 726 g/mol. The van der Waals surface area contributed by atoms with Crippen LogP contribution in [0.5, 0.6) is 11.6 Å². The molecule has 7 atom stereocenters. The highest BCUT2D eigenvalue weighted by Gasteiger charge is 2.63. The van der Waals surface area contributed by atoms with E-state index in [1.165, 1.54) is 4.90 Å². The van der Waals surface area contributed by atoms with Crippen molar-refractivity contribution in [2.45, 2.75) is 101 Å². The number of nitrogens with one attached hydrogen (secondary N) is 3. The number of benzene rings is 1. The summed E-state index contributed by atoms with van der Waals surface area (Å²) in [6, 6.07) is 4.94. The number of aromatic nitrogens is 1. The van der Waals surface area contributed by atoms with E-state index in [1.807, 2.05) is 37.3 Å². The third-order valence-corrected chi connectivity index (χ3v) is 13.3. The summed E-state index contributed by atoms with van der Waals surface area (Å²) in [5.74, 6) is -1.77. The molecule has 2 aromatic rings. The lowest BCUT2D eigenvalue weighted by atomic mass is 9.85. The average Bonchev–Trinajstić information content (AvgIpc) is 3.97. The number of amides is 4. The second-order valence-electron chi connectivity index (χ2n) is 14.8. The zero-order valence-corrected chi connectivity index (χ0v) is 30.2. The molecule has 0 spiro atoms. The molecule has 4 amide bonds. The van der Waals surface area contributed by atoms with Gasteiger partial charge in [-0.1, -0.05) is 32.4 Å². The van der Waals surface area contributed by atoms with Crippen LogP contribution in [0.4, 0.5) is 4.79 Å². The Hall–Kier alpha value is -4.40. The van der Waals surface area contributed by atoms with Crippen LogP contribution in [0.25, 0.3) is 10.8 Å². The van der Waals surface area contributed by atoms with Crippen LogP contribution in [0.1, 0.15) is 72.1 Å². The Bertz CT molecular complexity index is 1850. The van der Waals surface area contributed by atoms with Crippen LogP contribution in [0.2, 0.25) is 0 Å². The van der Waals surface area contributed by atoms with Gasteiger partial charge in [0.25, 0.3) is 5.91 Å². The Balaban J connectivity index is 1.35. The van der Waals surface area contributed by atoms with Crippen LogP contribution in [-0.2, 0) is 24.4 Å². The summed E-state index contributed by atoms with van der Waals surface area (Å²) in [7, 11) is -2.43. The van der Waals surface area contributed by atoms with Gasteiger partial charge in [-0.2, -0.15) is 0 Å². The minimum absolute atomic E-state index is 0.0212. The van der Waals surface area contributed by atoms with E-state index in [4.69, 9.17) is 9.47 Å². The second kappa shape index (κ2) is 14.0. The number of ether oxygens (including phenoxy) is 2. The third-order valence-electron chi connectivity index (χ3n) is 11.1. The molecular weight excluding hydrogens is 678 g/mol. The number of nitrogens with zero attached hydrogens (tertiary/aromatic N) is 2. The van der Waals surface area contributed by atoms with E-state index in [9.17, 15) is 32.7 Å². The molecule has 3 fully saturated rings. The van der Waals surface area contributed by atoms with Gasteiger partial charge in [-0.3, -0.25) is 19.1 Å². The Morgan fingerprint density at radius 3 is 2.63 bits per heavy atom. The Kier molecular flexibility index (Phi) is 9.96. The van der Waals surface area contributed by atoms with Crippen LogP contribution in [0, 0.1) is 17.8 Å². The molecule has 0 bridgehead atoms. The van der Waals surface area contributed by atoms with Gasteiger partial charge >= 0.3 is 6.09 Å². The smallest absolute Gasteiger partial charge is 0.405 e. The van der Waals surface area contributed by atoms with Gasteiger partial charge in [-0.05, 0) is 86.9 Å². The molecule has 3 heterocycles. The van der Waals surface area contributed by atoms with Gasteiger partial charge in [0.1, 0.15) is 29.5 Å². The molecule has 2 saturated carbocycles. The van der Waals surface area contributed by atoms with E-state index in [1.54, 1.807) is 26.3 Å². The highest BCUT2D eigenvalue weighted by atomic mass is 32.2. The summed E-state index contributed by atoms with van der Waals surface area (Å²) < 4.78 is 39.1. The van der Waals surface area contributed by atoms with E-state index in [0.29, 0.717) is 49.1 Å². The zero-order chi connectivity index (χ0) is 36.7. The molecule has 2 unspecified atom stereocenters. The second-order valence-corrected chi connectivity index (χ2v) is 17.0. The molecule has 1 aromatic heterocycles. The van der Waals surface area contributed by atoms with Crippen LogP contribution >= 0.6 is 0 Å². The van der Waals surface area contributed by atoms with Gasteiger partial charge in [0.2, 0.25) is 27.7 Å². The van der Waals surface area contributed by atoms with E-state index in [-0.39, 0.29) is 31.2 Å². The predicted molar refractivity (Wildman–Crippen MR) is 187 cm³/mol. The van der Waals surface area contributed by atoms with Gasteiger partial charge in [0.15, 0.2) is 0 Å². The van der Waals surface area contributed by atoms with Gasteiger partial charge in [-0.25, -0.2) is 18.2 Å². The van der Waals surface area contributed by atoms with Gasteiger partial charge in [0, 0.05) is 23.9 Å². The summed E-state index contributed by atoms with van der Waals surface area (Å²) in [6.45, 7) is 5.48. The van der Waals surface area contributed by atoms with Crippen molar-refractivity contribution in [1.29, 1.82) is 0 Å². The number of methoxy groups -OCH3 is 1. The summed E-state index contributed by atoms with van der Waals surface area (Å²) >= 11 is 0. The van der Waals surface area contributed by atoms with Gasteiger partial charge in [-0.15, -0.1) is 0 Å². The van der Waals surface area contributed by atoms with E-state index in [0.717, 1.165) is 11.8 Å². The summed E-state index contributed by atoms with van der Waals surface area (Å²) in [5, 5.41) is 16.6. The molecule has 1 aromatic carbocycles. The predicted octanol–water partition coefficient (Wildman–Crippen LogP) is 3.50. The van der Waals surface area contributed by atoms with Gasteiger partial charge in [0.05, 0.1) is 18.4 Å². The van der Waals surface area contributed by atoms with Crippen LogP contribution in [0.3, 0.4) is 0 Å². The van der Waals surface area contributed by atoms with Crippen molar-refractivity contribution in [1.82, 2.24) is 25.2 Å². The number of carbonyl (C=O) groups excluding carboxylic acids is 3. The molecule has 276 valence electrons. The molecule has 2 aliphatic heterocycles. The molecular formula is C36H47N5O9S. The van der Waals surface area contributed by atoms with Crippen molar-refractivity contribution in [3.63, 3.8) is 0 Å².